The number of aromatic nitrogens is 2. The minimum atomic E-state index is -0.916. The van der Waals surface area contributed by atoms with Gasteiger partial charge >= 0.3 is 12.1 Å². The summed E-state index contributed by atoms with van der Waals surface area (Å²) in [7, 11) is 0. The van der Waals surface area contributed by atoms with E-state index in [9.17, 15) is 20.0 Å². The number of halogens is 2. The molecule has 1 amide bonds. The fourth-order valence-electron chi connectivity index (χ4n) is 5.28. The molecule has 228 valence electrons. The first-order valence-electron chi connectivity index (χ1n) is 14.1. The number of phenols is 1. The topological polar surface area (TPSA) is 129 Å². The van der Waals surface area contributed by atoms with Gasteiger partial charge in [-0.1, -0.05) is 35.9 Å². The van der Waals surface area contributed by atoms with E-state index in [0.717, 1.165) is 0 Å². The molecule has 1 saturated heterocycles. The van der Waals surface area contributed by atoms with Gasteiger partial charge in [-0.25, -0.2) is 9.18 Å². The number of aldehydes is 1. The van der Waals surface area contributed by atoms with Crippen molar-refractivity contribution >= 4 is 51.5 Å². The molecule has 0 unspecified atom stereocenters. The van der Waals surface area contributed by atoms with Gasteiger partial charge in [-0.3, -0.25) is 4.79 Å². The average Bonchev–Trinajstić information content (AvgIpc) is 2.96. The minimum Gasteiger partial charge on any atom is -0.508 e. The Morgan fingerprint density at radius 3 is 2.68 bits per heavy atom. The molecule has 0 saturated carbocycles. The number of amides is 1. The Balaban J connectivity index is 1.65. The molecule has 3 aromatic carbocycles. The summed E-state index contributed by atoms with van der Waals surface area (Å²) in [6, 6.07) is 13.1. The molecule has 12 heteroatoms. The fourth-order valence-corrected chi connectivity index (χ4v) is 5.58. The van der Waals surface area contributed by atoms with E-state index in [1.807, 2.05) is 11.0 Å². The van der Waals surface area contributed by atoms with Crippen LogP contribution in [0.1, 0.15) is 34.1 Å². The van der Waals surface area contributed by atoms with Crippen molar-refractivity contribution in [3.63, 3.8) is 0 Å². The number of rotatable bonds is 6. The molecule has 4 aromatic rings. The zero-order chi connectivity index (χ0) is 31.8. The molecule has 0 aliphatic carbocycles. The number of hydrogen-bond donors (Lipinski definition) is 1. The summed E-state index contributed by atoms with van der Waals surface area (Å²) in [5.74, 6) is -0.563. The van der Waals surface area contributed by atoms with Crippen LogP contribution in [0, 0.1) is 17.1 Å². The molecular formula is C32H31ClFN5O5. The summed E-state index contributed by atoms with van der Waals surface area (Å²) in [5.41, 5.74) is -0.430. The zero-order valence-electron chi connectivity index (χ0n) is 24.7. The van der Waals surface area contributed by atoms with Crippen LogP contribution < -0.4 is 9.64 Å². The molecule has 2 atom stereocenters. The van der Waals surface area contributed by atoms with Crippen molar-refractivity contribution in [1.29, 1.82) is 5.26 Å². The van der Waals surface area contributed by atoms with Crippen molar-refractivity contribution in [2.75, 3.05) is 24.5 Å². The smallest absolute Gasteiger partial charge is 0.410 e. The van der Waals surface area contributed by atoms with E-state index < -0.39 is 29.7 Å². The second-order valence-corrected chi connectivity index (χ2v) is 12.0. The van der Waals surface area contributed by atoms with Crippen LogP contribution >= 0.6 is 11.6 Å². The van der Waals surface area contributed by atoms with Crippen molar-refractivity contribution < 1.29 is 28.6 Å². The van der Waals surface area contributed by atoms with Crippen LogP contribution in [0.4, 0.5) is 15.0 Å². The highest BCUT2D eigenvalue weighted by molar-refractivity contribution is 6.35. The number of phenolic OH excluding ortho intramolecular Hbond substituents is 1. The molecule has 1 aliphatic rings. The van der Waals surface area contributed by atoms with E-state index in [1.165, 1.54) is 17.9 Å². The fraction of sp³-hybridized carbons (Fsp3) is 0.344. The van der Waals surface area contributed by atoms with Gasteiger partial charge < -0.3 is 24.4 Å². The Bertz CT molecular complexity index is 1800. The van der Waals surface area contributed by atoms with Crippen molar-refractivity contribution in [1.82, 2.24) is 14.9 Å². The largest absolute Gasteiger partial charge is 0.508 e. The molecule has 1 fully saturated rings. The van der Waals surface area contributed by atoms with Crippen molar-refractivity contribution in [3.8, 4) is 29.0 Å². The highest BCUT2D eigenvalue weighted by Gasteiger charge is 2.35. The first kappa shape index (κ1) is 30.8. The van der Waals surface area contributed by atoms with Gasteiger partial charge in [-0.15, -0.1) is 0 Å². The maximum atomic E-state index is 16.6. The van der Waals surface area contributed by atoms with E-state index in [-0.39, 0.29) is 65.1 Å². The molecule has 5 rings (SSSR count). The number of nitrogens with zero attached hydrogens (tertiary/aromatic N) is 5. The number of piperazine rings is 1. The maximum absolute atomic E-state index is 16.6. The van der Waals surface area contributed by atoms with Gasteiger partial charge in [-0.05, 0) is 62.2 Å². The summed E-state index contributed by atoms with van der Waals surface area (Å²) in [6.45, 7) is 7.46. The van der Waals surface area contributed by atoms with Crippen LogP contribution in [-0.2, 0) is 9.53 Å². The van der Waals surface area contributed by atoms with E-state index in [0.29, 0.717) is 22.6 Å². The summed E-state index contributed by atoms with van der Waals surface area (Å²) >= 11 is 6.77. The summed E-state index contributed by atoms with van der Waals surface area (Å²) in [5, 5.41) is 21.7. The Kier molecular flexibility index (Phi) is 8.48. The van der Waals surface area contributed by atoms with Crippen LogP contribution in [0.3, 0.4) is 0 Å². The number of aromatic hydroxyl groups is 1. The lowest BCUT2D eigenvalue weighted by Crippen LogP contribution is -2.56. The SMILES string of the molecule is C[C@H](C=O)Oc1nc(N2CCN(C(=O)OC(C)(C)C)[C@@H](CC#N)C2)c2cc(Cl)c(-c3cc(O)cc4ccccc34)c(F)c2n1. The molecule has 2 heterocycles. The van der Waals surface area contributed by atoms with Gasteiger partial charge in [-0.2, -0.15) is 15.2 Å². The third-order valence-corrected chi connectivity index (χ3v) is 7.48. The first-order valence-corrected chi connectivity index (χ1v) is 14.4. The van der Waals surface area contributed by atoms with Gasteiger partial charge in [0.15, 0.2) is 18.2 Å². The Morgan fingerprint density at radius 2 is 1.98 bits per heavy atom. The number of nitriles is 1. The zero-order valence-corrected chi connectivity index (χ0v) is 25.4. The molecule has 0 bridgehead atoms. The van der Waals surface area contributed by atoms with Crippen LogP contribution in [0.25, 0.3) is 32.8 Å². The number of anilines is 1. The summed E-state index contributed by atoms with van der Waals surface area (Å²) < 4.78 is 27.8. The van der Waals surface area contributed by atoms with E-state index in [2.05, 4.69) is 16.0 Å². The predicted molar refractivity (Wildman–Crippen MR) is 164 cm³/mol. The number of ether oxygens (including phenoxy) is 2. The van der Waals surface area contributed by atoms with Crippen molar-refractivity contribution in [3.05, 3.63) is 53.3 Å². The van der Waals surface area contributed by atoms with Crippen molar-refractivity contribution in [2.45, 2.75) is 51.9 Å². The quantitative estimate of drug-likeness (QED) is 0.249. The summed E-state index contributed by atoms with van der Waals surface area (Å²) in [4.78, 5) is 36.5. The minimum absolute atomic E-state index is 0.0220. The number of benzene rings is 3. The molecule has 1 aromatic heterocycles. The average molecular weight is 620 g/mol. The molecule has 44 heavy (non-hydrogen) atoms. The van der Waals surface area contributed by atoms with Gasteiger partial charge in [0.2, 0.25) is 0 Å². The van der Waals surface area contributed by atoms with Crippen LogP contribution in [0.5, 0.6) is 11.8 Å². The first-order chi connectivity index (χ1) is 20.9. The second-order valence-electron chi connectivity index (χ2n) is 11.6. The third kappa shape index (κ3) is 6.17. The molecule has 1 N–H and O–H groups in total. The third-order valence-electron chi connectivity index (χ3n) is 7.18. The second kappa shape index (κ2) is 12.1. The monoisotopic (exact) mass is 619 g/mol. The lowest BCUT2D eigenvalue weighted by Gasteiger charge is -2.41. The van der Waals surface area contributed by atoms with Crippen LogP contribution in [-0.4, -0.2) is 69.7 Å². The highest BCUT2D eigenvalue weighted by atomic mass is 35.5. The predicted octanol–water partition coefficient (Wildman–Crippen LogP) is 6.25. The molecular weight excluding hydrogens is 589 g/mol. The Labute approximate surface area is 258 Å². The molecule has 0 spiro atoms. The molecule has 1 aliphatic heterocycles. The Hall–Kier alpha value is -4.69. The van der Waals surface area contributed by atoms with Crippen molar-refractivity contribution in [2.24, 2.45) is 0 Å². The van der Waals surface area contributed by atoms with Crippen LogP contribution in [0.15, 0.2) is 42.5 Å². The number of hydrogen-bond acceptors (Lipinski definition) is 9. The van der Waals surface area contributed by atoms with Gasteiger partial charge in [0, 0.05) is 30.6 Å². The Morgan fingerprint density at radius 1 is 1.23 bits per heavy atom. The van der Waals surface area contributed by atoms with Gasteiger partial charge in [0.1, 0.15) is 22.7 Å². The molecule has 10 nitrogen and oxygen atoms in total. The number of carbonyl (C=O) groups is 2. The normalized spacial score (nSPS) is 16.1. The number of carbonyl (C=O) groups excluding carboxylic acids is 2. The van der Waals surface area contributed by atoms with E-state index in [4.69, 9.17) is 21.1 Å². The van der Waals surface area contributed by atoms with Crippen LogP contribution in [0.2, 0.25) is 5.02 Å². The maximum Gasteiger partial charge on any atom is 0.410 e. The molecule has 0 radical (unpaired) electrons. The van der Waals surface area contributed by atoms with Gasteiger partial charge in [0.25, 0.3) is 0 Å². The number of fused-ring (bicyclic) bond motifs is 2. The standard InChI is InChI=1S/C32H31ClFN5O5/c1-18(17-40)43-30-36-28-24(15-25(33)26(27(28)34)23-14-21(41)13-19-7-5-6-8-22(19)23)29(37-30)38-11-12-39(20(16-38)9-10-35)31(42)44-32(2,3)4/h5-8,13-15,17-18,20,41H,9,11-12,16H2,1-4H3/t18-,20+/m1/s1. The lowest BCUT2D eigenvalue weighted by molar-refractivity contribution is -0.113. The summed E-state index contributed by atoms with van der Waals surface area (Å²) in [6.07, 6.45) is -0.863. The highest BCUT2D eigenvalue weighted by Crippen LogP contribution is 2.42. The van der Waals surface area contributed by atoms with Gasteiger partial charge in [0.05, 0.1) is 23.6 Å². The van der Waals surface area contributed by atoms with E-state index in [1.54, 1.807) is 51.1 Å². The van der Waals surface area contributed by atoms with E-state index >= 15 is 4.39 Å². The lowest BCUT2D eigenvalue weighted by atomic mass is 9.96.